The van der Waals surface area contributed by atoms with E-state index in [2.05, 4.69) is 49.2 Å². The van der Waals surface area contributed by atoms with Crippen molar-refractivity contribution in [2.45, 2.75) is 38.6 Å². The molecule has 0 aromatic rings. The predicted octanol–water partition coefficient (Wildman–Crippen LogP) is 2.35. The standard InChI is InChI=1S/C13H32N2/c1-8-13(15(5,6)7)11-9-10-12-14(2,3)4/h13H,8-12H2,1-7H3/q+2. The van der Waals surface area contributed by atoms with Crippen LogP contribution in [0.5, 0.6) is 0 Å². The Morgan fingerprint density at radius 2 is 1.40 bits per heavy atom. The molecule has 0 aromatic heterocycles. The Morgan fingerprint density at radius 1 is 0.867 bits per heavy atom. The van der Waals surface area contributed by atoms with Gasteiger partial charge in [-0.2, -0.15) is 0 Å². The quantitative estimate of drug-likeness (QED) is 0.453. The number of nitrogens with zero attached hydrogens (tertiary/aromatic N) is 2. The molecular formula is C13H32N2+2. The van der Waals surface area contributed by atoms with Crippen molar-refractivity contribution in [2.24, 2.45) is 0 Å². The molecule has 0 radical (unpaired) electrons. The van der Waals surface area contributed by atoms with Crippen LogP contribution < -0.4 is 0 Å². The lowest BCUT2D eigenvalue weighted by Crippen LogP contribution is -2.44. The van der Waals surface area contributed by atoms with Crippen molar-refractivity contribution in [3.05, 3.63) is 0 Å². The summed E-state index contributed by atoms with van der Waals surface area (Å²) in [6, 6.07) is 0.831. The average molecular weight is 216 g/mol. The molecule has 1 unspecified atom stereocenters. The molecule has 0 aliphatic heterocycles. The second kappa shape index (κ2) is 5.86. The van der Waals surface area contributed by atoms with Gasteiger partial charge in [-0.3, -0.25) is 0 Å². The Labute approximate surface area is 97.1 Å². The van der Waals surface area contributed by atoms with Gasteiger partial charge in [0.2, 0.25) is 0 Å². The third kappa shape index (κ3) is 7.80. The summed E-state index contributed by atoms with van der Waals surface area (Å²) in [4.78, 5) is 0. The number of unbranched alkanes of at least 4 members (excludes halogenated alkanes) is 1. The van der Waals surface area contributed by atoms with Gasteiger partial charge in [0.15, 0.2) is 0 Å². The van der Waals surface area contributed by atoms with Crippen LogP contribution in [0.1, 0.15) is 32.6 Å². The Kier molecular flexibility index (Phi) is 5.82. The van der Waals surface area contributed by atoms with Crippen molar-refractivity contribution in [1.29, 1.82) is 0 Å². The maximum atomic E-state index is 2.31. The number of rotatable bonds is 7. The number of quaternary nitrogens is 2. The highest BCUT2D eigenvalue weighted by Gasteiger charge is 2.21. The van der Waals surface area contributed by atoms with Crippen LogP contribution in [0, 0.1) is 0 Å². The van der Waals surface area contributed by atoms with E-state index < -0.39 is 0 Å². The van der Waals surface area contributed by atoms with E-state index >= 15 is 0 Å². The lowest BCUT2D eigenvalue weighted by atomic mass is 10.0. The highest BCUT2D eigenvalue weighted by Crippen LogP contribution is 2.15. The fraction of sp³-hybridized carbons (Fsp3) is 1.00. The second-order valence-electron chi connectivity index (χ2n) is 6.69. The van der Waals surface area contributed by atoms with Gasteiger partial charge < -0.3 is 8.97 Å². The third-order valence-corrected chi connectivity index (χ3v) is 3.18. The van der Waals surface area contributed by atoms with Crippen molar-refractivity contribution in [3.63, 3.8) is 0 Å². The first-order valence-corrected chi connectivity index (χ1v) is 6.28. The number of hydrogen-bond donors (Lipinski definition) is 0. The van der Waals surface area contributed by atoms with Gasteiger partial charge in [0.05, 0.1) is 54.9 Å². The second-order valence-corrected chi connectivity index (χ2v) is 6.69. The Morgan fingerprint density at radius 3 is 1.73 bits per heavy atom. The van der Waals surface area contributed by atoms with Gasteiger partial charge in [-0.1, -0.05) is 6.92 Å². The fourth-order valence-electron chi connectivity index (χ4n) is 2.11. The predicted molar refractivity (Wildman–Crippen MR) is 68.9 cm³/mol. The molecule has 0 heterocycles. The Bertz CT molecular complexity index is 162. The molecule has 0 rings (SSSR count). The minimum absolute atomic E-state index is 0.831. The van der Waals surface area contributed by atoms with E-state index in [0.717, 1.165) is 15.0 Å². The first kappa shape index (κ1) is 14.9. The average Bonchev–Trinajstić information content (AvgIpc) is 1.99. The van der Waals surface area contributed by atoms with Gasteiger partial charge in [-0.05, 0) is 25.7 Å². The van der Waals surface area contributed by atoms with Crippen LogP contribution in [0.2, 0.25) is 0 Å². The summed E-state index contributed by atoms with van der Waals surface area (Å²) in [6.45, 7) is 3.61. The zero-order valence-electron chi connectivity index (χ0n) is 12.0. The zero-order valence-corrected chi connectivity index (χ0v) is 12.0. The minimum Gasteiger partial charge on any atom is -0.331 e. The summed E-state index contributed by atoms with van der Waals surface area (Å²) in [7, 11) is 13.8. The van der Waals surface area contributed by atoms with Crippen molar-refractivity contribution < 1.29 is 8.97 Å². The van der Waals surface area contributed by atoms with Crippen LogP contribution in [0.4, 0.5) is 0 Å². The topological polar surface area (TPSA) is 0 Å². The fourth-order valence-corrected chi connectivity index (χ4v) is 2.11. The van der Waals surface area contributed by atoms with E-state index in [0.29, 0.717) is 0 Å². The van der Waals surface area contributed by atoms with Gasteiger partial charge in [0.25, 0.3) is 0 Å². The van der Waals surface area contributed by atoms with Gasteiger partial charge in [0.1, 0.15) is 0 Å². The molecular weight excluding hydrogens is 184 g/mol. The molecule has 0 fully saturated rings. The van der Waals surface area contributed by atoms with Crippen LogP contribution in [-0.4, -0.2) is 63.8 Å². The normalized spacial score (nSPS) is 15.4. The molecule has 0 amide bonds. The summed E-state index contributed by atoms with van der Waals surface area (Å²) in [5, 5.41) is 0. The molecule has 0 saturated carbocycles. The van der Waals surface area contributed by atoms with Crippen LogP contribution in [0.25, 0.3) is 0 Å². The van der Waals surface area contributed by atoms with Crippen LogP contribution >= 0.6 is 0 Å². The SMILES string of the molecule is CCC(CCCC[N+](C)(C)C)[N+](C)(C)C. The van der Waals surface area contributed by atoms with Crippen molar-refractivity contribution in [2.75, 3.05) is 48.8 Å². The Hall–Kier alpha value is -0.0800. The molecule has 0 N–H and O–H groups in total. The van der Waals surface area contributed by atoms with E-state index in [4.69, 9.17) is 0 Å². The van der Waals surface area contributed by atoms with Crippen LogP contribution in [0.15, 0.2) is 0 Å². The van der Waals surface area contributed by atoms with Crippen molar-refractivity contribution >= 4 is 0 Å². The summed E-state index contributed by atoms with van der Waals surface area (Å²) in [5.74, 6) is 0. The largest absolute Gasteiger partial charge is 0.331 e. The molecule has 92 valence electrons. The molecule has 2 heteroatoms. The zero-order chi connectivity index (χ0) is 12.1. The first-order valence-electron chi connectivity index (χ1n) is 6.28. The maximum absolute atomic E-state index is 2.31. The lowest BCUT2D eigenvalue weighted by molar-refractivity contribution is -0.896. The summed E-state index contributed by atoms with van der Waals surface area (Å²) >= 11 is 0. The van der Waals surface area contributed by atoms with Gasteiger partial charge in [-0.25, -0.2) is 0 Å². The van der Waals surface area contributed by atoms with E-state index in [1.165, 1.54) is 32.2 Å². The Balaban J connectivity index is 3.75. The third-order valence-electron chi connectivity index (χ3n) is 3.18. The highest BCUT2D eigenvalue weighted by molar-refractivity contribution is 4.55. The van der Waals surface area contributed by atoms with Crippen LogP contribution in [-0.2, 0) is 0 Å². The van der Waals surface area contributed by atoms with E-state index in [1.807, 2.05) is 0 Å². The first-order chi connectivity index (χ1) is 6.67. The smallest absolute Gasteiger partial charge is 0.0881 e. The highest BCUT2D eigenvalue weighted by atomic mass is 15.3. The molecule has 0 bridgehead atoms. The molecule has 0 aromatic carbocycles. The van der Waals surface area contributed by atoms with Gasteiger partial charge >= 0.3 is 0 Å². The monoisotopic (exact) mass is 216 g/mol. The molecule has 1 atom stereocenters. The van der Waals surface area contributed by atoms with Crippen LogP contribution in [0.3, 0.4) is 0 Å². The van der Waals surface area contributed by atoms with E-state index in [9.17, 15) is 0 Å². The molecule has 2 nitrogen and oxygen atoms in total. The maximum Gasteiger partial charge on any atom is 0.0881 e. The summed E-state index contributed by atoms with van der Waals surface area (Å²) in [6.07, 6.45) is 5.41. The van der Waals surface area contributed by atoms with Crippen molar-refractivity contribution in [1.82, 2.24) is 0 Å². The molecule has 0 saturated heterocycles. The van der Waals surface area contributed by atoms with Gasteiger partial charge in [-0.15, -0.1) is 0 Å². The molecule has 0 aliphatic rings. The van der Waals surface area contributed by atoms with Gasteiger partial charge in [0, 0.05) is 0 Å². The lowest BCUT2D eigenvalue weighted by Gasteiger charge is -2.34. The van der Waals surface area contributed by atoms with E-state index in [1.54, 1.807) is 0 Å². The van der Waals surface area contributed by atoms with Crippen molar-refractivity contribution in [3.8, 4) is 0 Å². The van der Waals surface area contributed by atoms with E-state index in [-0.39, 0.29) is 0 Å². The summed E-state index contributed by atoms with van der Waals surface area (Å²) in [5.41, 5.74) is 0. The molecule has 15 heavy (non-hydrogen) atoms. The molecule has 0 aliphatic carbocycles. The molecule has 0 spiro atoms. The minimum atomic E-state index is 0.831. The summed E-state index contributed by atoms with van der Waals surface area (Å²) < 4.78 is 2.21. The number of hydrogen-bond acceptors (Lipinski definition) is 0.